The van der Waals surface area contributed by atoms with Gasteiger partial charge in [0.15, 0.2) is 5.13 Å². The molecule has 1 aromatic heterocycles. The smallest absolute Gasteiger partial charge is 0.242 e. The molecular weight excluding hydrogens is 392 g/mol. The molecule has 0 saturated heterocycles. The average molecular weight is 406 g/mol. The number of thiazole rings is 1. The summed E-state index contributed by atoms with van der Waals surface area (Å²) in [6.45, 7) is 7.75. The Balaban J connectivity index is 2.46. The third kappa shape index (κ3) is 3.01. The minimum absolute atomic E-state index is 0.1000. The van der Waals surface area contributed by atoms with Crippen LogP contribution in [0.5, 0.6) is 0 Å². The largest absolute Gasteiger partial charge is 0.301 e. The number of carbonyl (C=O) groups is 1. The van der Waals surface area contributed by atoms with Gasteiger partial charge < -0.3 is 5.32 Å². The fraction of sp³-hybridized carbons (Fsp3) is 0.385. The van der Waals surface area contributed by atoms with Crippen molar-refractivity contribution < 1.29 is 4.79 Å². The van der Waals surface area contributed by atoms with Crippen LogP contribution in [0.15, 0.2) is 10.5 Å². The first-order valence-electron chi connectivity index (χ1n) is 5.76. The van der Waals surface area contributed by atoms with Gasteiger partial charge in [0.25, 0.3) is 0 Å². The molecule has 3 nitrogen and oxygen atoms in total. The lowest BCUT2D eigenvalue weighted by Gasteiger charge is -2.13. The van der Waals surface area contributed by atoms with Crippen LogP contribution in [-0.4, -0.2) is 15.2 Å². The van der Waals surface area contributed by atoms with Crippen LogP contribution >= 0.6 is 43.2 Å². The molecule has 0 unspecified atom stereocenters. The summed E-state index contributed by atoms with van der Waals surface area (Å²) in [7, 11) is 0. The molecule has 1 aromatic carbocycles. The molecule has 1 amide bonds. The molecule has 2 rings (SSSR count). The normalized spacial score (nSPS) is 11.9. The van der Waals surface area contributed by atoms with Crippen LogP contribution in [0.4, 0.5) is 5.13 Å². The summed E-state index contributed by atoms with van der Waals surface area (Å²) in [5.74, 6) is -0.1000. The number of benzene rings is 1. The number of anilines is 1. The zero-order chi connectivity index (χ0) is 14.4. The summed E-state index contributed by atoms with van der Waals surface area (Å²) in [5.41, 5.74) is 3.31. The highest BCUT2D eigenvalue weighted by Gasteiger charge is 2.25. The van der Waals surface area contributed by atoms with Gasteiger partial charge in [0.05, 0.1) is 14.5 Å². The Morgan fingerprint density at radius 1 is 1.42 bits per heavy atom. The number of fused-ring (bicyclic) bond motifs is 1. The Kier molecular flexibility index (Phi) is 4.05. The van der Waals surface area contributed by atoms with E-state index in [1.807, 2.05) is 0 Å². The van der Waals surface area contributed by atoms with Crippen LogP contribution in [0, 0.1) is 13.8 Å². The van der Waals surface area contributed by atoms with Crippen LogP contribution in [0.1, 0.15) is 25.0 Å². The number of hydrogen-bond donors (Lipinski definition) is 1. The summed E-state index contributed by atoms with van der Waals surface area (Å²) in [5, 5.41) is 3.47. The number of rotatable bonds is 2. The van der Waals surface area contributed by atoms with Gasteiger partial charge in [0, 0.05) is 4.47 Å². The van der Waals surface area contributed by atoms with E-state index in [0.717, 1.165) is 14.7 Å². The van der Waals surface area contributed by atoms with Gasteiger partial charge >= 0.3 is 0 Å². The van der Waals surface area contributed by atoms with Gasteiger partial charge in [-0.05, 0) is 60.8 Å². The summed E-state index contributed by atoms with van der Waals surface area (Å²) >= 11 is 8.37. The second kappa shape index (κ2) is 5.14. The maximum atomic E-state index is 11.9. The maximum absolute atomic E-state index is 11.9. The van der Waals surface area contributed by atoms with Crippen molar-refractivity contribution in [2.45, 2.75) is 32.0 Å². The number of amides is 1. The number of hydrogen-bond acceptors (Lipinski definition) is 3. The molecular formula is C13H14Br2N2OS. The van der Waals surface area contributed by atoms with Gasteiger partial charge in [-0.2, -0.15) is 0 Å². The molecule has 0 aliphatic heterocycles. The molecule has 2 aromatic rings. The van der Waals surface area contributed by atoms with E-state index < -0.39 is 4.32 Å². The van der Waals surface area contributed by atoms with Gasteiger partial charge in [-0.1, -0.05) is 27.3 Å². The second-order valence-electron chi connectivity index (χ2n) is 4.92. The molecule has 6 heteroatoms. The molecule has 19 heavy (non-hydrogen) atoms. The number of nitrogens with zero attached hydrogens (tertiary/aromatic N) is 1. The predicted molar refractivity (Wildman–Crippen MR) is 88.4 cm³/mol. The monoisotopic (exact) mass is 404 g/mol. The van der Waals surface area contributed by atoms with E-state index in [9.17, 15) is 4.79 Å². The summed E-state index contributed by atoms with van der Waals surface area (Å²) < 4.78 is 1.46. The topological polar surface area (TPSA) is 42.0 Å². The first-order chi connectivity index (χ1) is 8.70. The quantitative estimate of drug-likeness (QED) is 0.730. The molecule has 0 fully saturated rings. The Labute approximate surface area is 133 Å². The molecule has 0 saturated carbocycles. The average Bonchev–Trinajstić information content (AvgIpc) is 2.69. The first kappa shape index (κ1) is 14.9. The maximum Gasteiger partial charge on any atom is 0.242 e. The van der Waals surface area contributed by atoms with E-state index in [4.69, 9.17) is 0 Å². The molecule has 1 heterocycles. The Morgan fingerprint density at radius 2 is 2.05 bits per heavy atom. The molecule has 0 aliphatic rings. The summed E-state index contributed by atoms with van der Waals surface area (Å²) in [4.78, 5) is 16.4. The van der Waals surface area contributed by atoms with Crippen molar-refractivity contribution in [2.24, 2.45) is 0 Å². The van der Waals surface area contributed by atoms with Crippen LogP contribution in [0.25, 0.3) is 10.2 Å². The van der Waals surface area contributed by atoms with Gasteiger partial charge in [-0.25, -0.2) is 4.98 Å². The molecule has 0 bridgehead atoms. The summed E-state index contributed by atoms with van der Waals surface area (Å²) in [6.07, 6.45) is 0. The fourth-order valence-corrected chi connectivity index (χ4v) is 3.48. The van der Waals surface area contributed by atoms with Gasteiger partial charge in [0.1, 0.15) is 0 Å². The molecule has 1 N–H and O–H groups in total. The van der Waals surface area contributed by atoms with Crippen molar-refractivity contribution in [3.8, 4) is 0 Å². The van der Waals surface area contributed by atoms with E-state index in [-0.39, 0.29) is 5.91 Å². The van der Waals surface area contributed by atoms with Crippen molar-refractivity contribution in [3.63, 3.8) is 0 Å². The van der Waals surface area contributed by atoms with Crippen molar-refractivity contribution >= 4 is 64.5 Å². The van der Waals surface area contributed by atoms with Crippen molar-refractivity contribution in [2.75, 3.05) is 5.32 Å². The number of aromatic nitrogens is 1. The van der Waals surface area contributed by atoms with E-state index in [1.54, 1.807) is 13.8 Å². The lowest BCUT2D eigenvalue weighted by Crippen LogP contribution is -2.30. The summed E-state index contributed by atoms with van der Waals surface area (Å²) in [6, 6.07) is 2.05. The number of alkyl halides is 1. The first-order valence-corrected chi connectivity index (χ1v) is 8.17. The Morgan fingerprint density at radius 3 is 2.63 bits per heavy atom. The van der Waals surface area contributed by atoms with Crippen LogP contribution in [0.3, 0.4) is 0 Å². The lowest BCUT2D eigenvalue weighted by molar-refractivity contribution is -0.117. The third-order valence-corrected chi connectivity index (χ3v) is 4.94. The fourth-order valence-electron chi connectivity index (χ4n) is 1.58. The molecule has 0 aliphatic carbocycles. The van der Waals surface area contributed by atoms with Crippen LogP contribution in [-0.2, 0) is 4.79 Å². The molecule has 0 atom stereocenters. The van der Waals surface area contributed by atoms with E-state index in [0.29, 0.717) is 5.13 Å². The van der Waals surface area contributed by atoms with Crippen molar-refractivity contribution in [3.05, 3.63) is 21.7 Å². The van der Waals surface area contributed by atoms with Crippen molar-refractivity contribution in [1.82, 2.24) is 4.98 Å². The highest BCUT2D eigenvalue weighted by atomic mass is 79.9. The second-order valence-corrected chi connectivity index (χ2v) is 8.76. The standard InChI is InChI=1S/C13H14Br2N2OS/c1-6-5-8(14)9-10(7(6)2)19-12(16-9)17-11(18)13(3,4)15/h5H,1-4H3,(H,16,17,18). The molecule has 102 valence electrons. The number of nitrogens with one attached hydrogen (secondary N) is 1. The number of carbonyl (C=O) groups excluding carboxylic acids is 1. The zero-order valence-corrected chi connectivity index (χ0v) is 15.1. The SMILES string of the molecule is Cc1cc(Br)c2nc(NC(=O)C(C)(C)Br)sc2c1C. The highest BCUT2D eigenvalue weighted by molar-refractivity contribution is 9.10. The molecule has 0 spiro atoms. The van der Waals surface area contributed by atoms with Gasteiger partial charge in [0.2, 0.25) is 5.91 Å². The minimum Gasteiger partial charge on any atom is -0.301 e. The number of aryl methyl sites for hydroxylation is 2. The number of halogens is 2. The van der Waals surface area contributed by atoms with Crippen molar-refractivity contribution in [1.29, 1.82) is 0 Å². The highest BCUT2D eigenvalue weighted by Crippen LogP contribution is 2.35. The van der Waals surface area contributed by atoms with E-state index in [2.05, 4.69) is 62.1 Å². The predicted octanol–water partition coefficient (Wildman–Crippen LogP) is 4.79. The third-order valence-electron chi connectivity index (χ3n) is 2.89. The van der Waals surface area contributed by atoms with E-state index in [1.165, 1.54) is 22.5 Å². The van der Waals surface area contributed by atoms with Crippen LogP contribution < -0.4 is 5.32 Å². The molecule has 0 radical (unpaired) electrons. The van der Waals surface area contributed by atoms with E-state index >= 15 is 0 Å². The van der Waals surface area contributed by atoms with Gasteiger partial charge in [-0.15, -0.1) is 0 Å². The minimum atomic E-state index is -0.604. The lowest BCUT2D eigenvalue weighted by atomic mass is 10.1. The van der Waals surface area contributed by atoms with Crippen LogP contribution in [0.2, 0.25) is 0 Å². The Bertz CT molecular complexity index is 659. The van der Waals surface area contributed by atoms with Gasteiger partial charge in [-0.3, -0.25) is 4.79 Å². The Hall–Kier alpha value is -0.460. The zero-order valence-electron chi connectivity index (χ0n) is 11.1.